The van der Waals surface area contributed by atoms with Gasteiger partial charge in [-0.3, -0.25) is 4.79 Å². The lowest BCUT2D eigenvalue weighted by Crippen LogP contribution is -2.44. The highest BCUT2D eigenvalue weighted by Crippen LogP contribution is 2.38. The van der Waals surface area contributed by atoms with Crippen molar-refractivity contribution in [3.05, 3.63) is 83.2 Å². The summed E-state index contributed by atoms with van der Waals surface area (Å²) in [7, 11) is -1.90. The molecule has 1 atom stereocenters. The van der Waals surface area contributed by atoms with E-state index in [0.29, 0.717) is 30.7 Å². The van der Waals surface area contributed by atoms with Crippen LogP contribution in [0.15, 0.2) is 60.8 Å². The SMILES string of the molecule is COc1ccccc1C(=O)NCC1(c2ccccc2)CCc2nn(S(C)(=O)=O)cc2C1. The van der Waals surface area contributed by atoms with Gasteiger partial charge in [0.2, 0.25) is 0 Å². The number of hydrogen-bond acceptors (Lipinski definition) is 5. The monoisotopic (exact) mass is 439 g/mol. The zero-order valence-corrected chi connectivity index (χ0v) is 18.4. The highest BCUT2D eigenvalue weighted by atomic mass is 32.2. The molecule has 0 saturated heterocycles. The number of nitrogens with one attached hydrogen (secondary N) is 1. The predicted octanol–water partition coefficient (Wildman–Crippen LogP) is 2.56. The lowest BCUT2D eigenvalue weighted by molar-refractivity contribution is 0.0937. The minimum Gasteiger partial charge on any atom is -0.496 e. The van der Waals surface area contributed by atoms with Gasteiger partial charge in [-0.2, -0.15) is 9.19 Å². The smallest absolute Gasteiger partial charge is 0.255 e. The number of benzene rings is 2. The summed E-state index contributed by atoms with van der Waals surface area (Å²) in [6.07, 6.45) is 4.72. The summed E-state index contributed by atoms with van der Waals surface area (Å²) >= 11 is 0. The predicted molar refractivity (Wildman–Crippen MR) is 118 cm³/mol. The summed E-state index contributed by atoms with van der Waals surface area (Å²) < 4.78 is 30.3. The second-order valence-corrected chi connectivity index (χ2v) is 9.78. The van der Waals surface area contributed by atoms with Gasteiger partial charge < -0.3 is 10.1 Å². The molecular weight excluding hydrogens is 414 g/mol. The van der Waals surface area contributed by atoms with Crippen LogP contribution in [0.3, 0.4) is 0 Å². The highest BCUT2D eigenvalue weighted by Gasteiger charge is 2.38. The van der Waals surface area contributed by atoms with Crippen LogP contribution < -0.4 is 10.1 Å². The van der Waals surface area contributed by atoms with Crippen molar-refractivity contribution in [2.75, 3.05) is 19.9 Å². The summed E-state index contributed by atoms with van der Waals surface area (Å²) in [5, 5.41) is 7.36. The Morgan fingerprint density at radius 1 is 1.16 bits per heavy atom. The number of aromatic nitrogens is 2. The molecule has 1 aliphatic carbocycles. The number of amides is 1. The van der Waals surface area contributed by atoms with Gasteiger partial charge in [-0.05, 0) is 42.5 Å². The molecule has 1 aromatic heterocycles. The number of nitrogens with zero attached hydrogens (tertiary/aromatic N) is 2. The fraction of sp³-hybridized carbons (Fsp3) is 0.304. The number of carbonyl (C=O) groups is 1. The van der Waals surface area contributed by atoms with Crippen LogP contribution in [0, 0.1) is 0 Å². The van der Waals surface area contributed by atoms with Crippen LogP contribution in [0.5, 0.6) is 5.75 Å². The highest BCUT2D eigenvalue weighted by molar-refractivity contribution is 7.89. The van der Waals surface area contributed by atoms with Crippen molar-refractivity contribution in [3.8, 4) is 5.75 Å². The van der Waals surface area contributed by atoms with Gasteiger partial charge in [-0.25, -0.2) is 8.42 Å². The van der Waals surface area contributed by atoms with Gasteiger partial charge in [0.15, 0.2) is 0 Å². The van der Waals surface area contributed by atoms with E-state index < -0.39 is 10.0 Å². The summed E-state index contributed by atoms with van der Waals surface area (Å²) in [5.74, 6) is 0.319. The number of para-hydroxylation sites is 1. The maximum absolute atomic E-state index is 12.9. The molecular formula is C23H25N3O4S. The summed E-state index contributed by atoms with van der Waals surface area (Å²) in [6, 6.07) is 17.2. The number of carbonyl (C=O) groups excluding carboxylic acids is 1. The average Bonchev–Trinajstić information content (AvgIpc) is 3.22. The fourth-order valence-corrected chi connectivity index (χ4v) is 4.79. The van der Waals surface area contributed by atoms with Crippen LogP contribution in [0.1, 0.15) is 33.6 Å². The quantitative estimate of drug-likeness (QED) is 0.638. The Labute approximate surface area is 182 Å². The van der Waals surface area contributed by atoms with E-state index in [1.165, 1.54) is 0 Å². The largest absolute Gasteiger partial charge is 0.496 e. The number of fused-ring (bicyclic) bond motifs is 1. The minimum atomic E-state index is -3.45. The van der Waals surface area contributed by atoms with Gasteiger partial charge in [0, 0.05) is 18.2 Å². The van der Waals surface area contributed by atoms with E-state index in [0.717, 1.165) is 33.6 Å². The van der Waals surface area contributed by atoms with Gasteiger partial charge in [0.05, 0.1) is 24.6 Å². The number of methoxy groups -OCH3 is 1. The molecule has 1 heterocycles. The minimum absolute atomic E-state index is 0.203. The lowest BCUT2D eigenvalue weighted by Gasteiger charge is -2.37. The molecule has 7 nitrogen and oxygen atoms in total. The van der Waals surface area contributed by atoms with E-state index in [4.69, 9.17) is 4.74 Å². The first-order chi connectivity index (χ1) is 14.8. The molecule has 0 saturated carbocycles. The van der Waals surface area contributed by atoms with E-state index in [-0.39, 0.29) is 11.3 Å². The van der Waals surface area contributed by atoms with E-state index in [1.807, 2.05) is 24.3 Å². The third-order valence-electron chi connectivity index (χ3n) is 5.89. The number of aryl methyl sites for hydroxylation is 1. The molecule has 0 radical (unpaired) electrons. The van der Waals surface area contributed by atoms with E-state index in [9.17, 15) is 13.2 Å². The Bertz CT molecular complexity index is 1200. The Kier molecular flexibility index (Phi) is 5.58. The molecule has 0 fully saturated rings. The molecule has 2 aromatic carbocycles. The van der Waals surface area contributed by atoms with Crippen LogP contribution in [0.25, 0.3) is 0 Å². The van der Waals surface area contributed by atoms with E-state index >= 15 is 0 Å². The van der Waals surface area contributed by atoms with Gasteiger partial charge >= 0.3 is 0 Å². The van der Waals surface area contributed by atoms with Gasteiger partial charge in [0.25, 0.3) is 15.9 Å². The summed E-state index contributed by atoms with van der Waals surface area (Å²) in [4.78, 5) is 12.9. The van der Waals surface area contributed by atoms with Crippen molar-refractivity contribution in [1.82, 2.24) is 14.5 Å². The lowest BCUT2D eigenvalue weighted by atomic mass is 9.69. The number of ether oxygens (including phenoxy) is 1. The van der Waals surface area contributed by atoms with Crippen molar-refractivity contribution in [2.45, 2.75) is 24.7 Å². The van der Waals surface area contributed by atoms with Crippen LogP contribution in [-0.2, 0) is 28.3 Å². The molecule has 4 rings (SSSR count). The van der Waals surface area contributed by atoms with Gasteiger partial charge in [-0.1, -0.05) is 42.5 Å². The maximum atomic E-state index is 12.9. The van der Waals surface area contributed by atoms with Crippen LogP contribution in [0.4, 0.5) is 0 Å². The third kappa shape index (κ3) is 4.20. The second-order valence-electron chi connectivity index (χ2n) is 7.94. The van der Waals surface area contributed by atoms with Crippen molar-refractivity contribution in [2.24, 2.45) is 0 Å². The topological polar surface area (TPSA) is 90.3 Å². The Balaban J connectivity index is 1.65. The average molecular weight is 440 g/mol. The van der Waals surface area contributed by atoms with Crippen LogP contribution in [0.2, 0.25) is 0 Å². The van der Waals surface area contributed by atoms with Gasteiger partial charge in [-0.15, -0.1) is 0 Å². The Hall–Kier alpha value is -3.13. The Morgan fingerprint density at radius 2 is 1.87 bits per heavy atom. The molecule has 1 N–H and O–H groups in total. The van der Waals surface area contributed by atoms with E-state index in [1.54, 1.807) is 31.5 Å². The molecule has 162 valence electrons. The molecule has 1 unspecified atom stereocenters. The Morgan fingerprint density at radius 3 is 2.58 bits per heavy atom. The van der Waals surface area contributed by atoms with Crippen molar-refractivity contribution in [1.29, 1.82) is 0 Å². The zero-order chi connectivity index (χ0) is 22.1. The summed E-state index contributed by atoms with van der Waals surface area (Å²) in [5.41, 5.74) is 2.92. The van der Waals surface area contributed by atoms with Crippen molar-refractivity contribution in [3.63, 3.8) is 0 Å². The normalized spacial score (nSPS) is 18.3. The molecule has 0 aliphatic heterocycles. The first kappa shape index (κ1) is 21.1. The standard InChI is InChI=1S/C23H25N3O4S/c1-30-21-11-7-6-10-19(21)22(27)24-16-23(18-8-4-3-5-9-18)13-12-20-17(14-23)15-26(25-20)31(2,28)29/h3-11,15H,12-14,16H2,1-2H3,(H,24,27). The first-order valence-electron chi connectivity index (χ1n) is 10.1. The fourth-order valence-electron chi connectivity index (χ4n) is 4.23. The molecule has 0 spiro atoms. The zero-order valence-electron chi connectivity index (χ0n) is 17.5. The molecule has 1 aliphatic rings. The van der Waals surface area contributed by atoms with Crippen LogP contribution in [-0.4, -0.2) is 43.4 Å². The first-order valence-corrected chi connectivity index (χ1v) is 11.9. The molecule has 8 heteroatoms. The van der Waals surface area contributed by atoms with Crippen molar-refractivity contribution < 1.29 is 17.9 Å². The van der Waals surface area contributed by atoms with Crippen molar-refractivity contribution >= 4 is 15.9 Å². The number of rotatable bonds is 6. The van der Waals surface area contributed by atoms with Gasteiger partial charge in [0.1, 0.15) is 5.75 Å². The van der Waals surface area contributed by atoms with Crippen LogP contribution >= 0.6 is 0 Å². The maximum Gasteiger partial charge on any atom is 0.255 e. The number of hydrogen-bond donors (Lipinski definition) is 1. The summed E-state index contributed by atoms with van der Waals surface area (Å²) in [6.45, 7) is 0.414. The second kappa shape index (κ2) is 8.19. The third-order valence-corrected chi connectivity index (χ3v) is 6.76. The van der Waals surface area contributed by atoms with E-state index in [2.05, 4.69) is 22.5 Å². The molecule has 0 bridgehead atoms. The molecule has 31 heavy (non-hydrogen) atoms. The molecule has 3 aromatic rings. The molecule has 1 amide bonds.